The second-order valence-electron chi connectivity index (χ2n) is 20.8. The van der Waals surface area contributed by atoms with Gasteiger partial charge in [-0.3, -0.25) is 0 Å². The number of hydrogen-bond donors (Lipinski definition) is 0. The van der Waals surface area contributed by atoms with E-state index in [4.69, 9.17) is 16.6 Å². The van der Waals surface area contributed by atoms with Crippen molar-refractivity contribution in [2.75, 3.05) is 0 Å². The van der Waals surface area contributed by atoms with Crippen molar-refractivity contribution in [2.45, 2.75) is 6.92 Å². The van der Waals surface area contributed by atoms with E-state index < -0.39 is 0 Å². The predicted octanol–water partition coefficient (Wildman–Crippen LogP) is 21.0. The van der Waals surface area contributed by atoms with Gasteiger partial charge in [0.15, 0.2) is 5.84 Å². The standard InChI is InChI=1S/C77H50N2/c1-48(65-45-70-67(61-38-20-18-36-59(61)65)42-53-30-12-15-33-56(53)74(70)50-24-6-3-7-25-50)78-77(73-47-72-69(63-40-22-23-41-64(63)73)44-55-32-14-17-35-58(55)76(72)52-28-10-5-11-29-52)79-49(2)66-46-71-68(62-39-21-19-37-60(62)66)43-54-31-13-16-34-57(54)75(71)51-26-8-4-9-27-51/h3-47H,1H2,2H3/b78-77-,79-49+. The largest absolute Gasteiger partial charge is 0.233 e. The quantitative estimate of drug-likeness (QED) is 0.0658. The molecule has 0 aliphatic heterocycles. The molecule has 0 amide bonds. The Balaban J connectivity index is 1.05. The van der Waals surface area contributed by atoms with Gasteiger partial charge in [0.2, 0.25) is 0 Å². The SMILES string of the molecule is C=C(/N=C(\N=C(/C)c1cc2c(-c3ccccc3)c3ccccc3cc2c2ccccc12)c1cc2c(-c3ccccc3)c3ccccc3cc2c2ccccc12)c1cc2c(-c3ccccc3)c3ccccc3cc2c2ccccc12. The van der Waals surface area contributed by atoms with Crippen LogP contribution in [0.5, 0.6) is 0 Å². The van der Waals surface area contributed by atoms with E-state index in [0.717, 1.165) is 71.2 Å². The van der Waals surface area contributed by atoms with Gasteiger partial charge in [-0.05, 0) is 174 Å². The lowest BCUT2D eigenvalue weighted by Gasteiger charge is -2.19. The van der Waals surface area contributed by atoms with Crippen LogP contribution in [-0.2, 0) is 0 Å². The number of benzene rings is 15. The Morgan fingerprint density at radius 2 is 0.544 bits per heavy atom. The van der Waals surface area contributed by atoms with Crippen LogP contribution >= 0.6 is 0 Å². The van der Waals surface area contributed by atoms with Crippen molar-refractivity contribution in [1.29, 1.82) is 0 Å². The van der Waals surface area contributed by atoms with Gasteiger partial charge in [0, 0.05) is 22.4 Å². The molecule has 2 nitrogen and oxygen atoms in total. The molecule has 0 aliphatic rings. The van der Waals surface area contributed by atoms with Crippen LogP contribution in [0.1, 0.15) is 23.6 Å². The van der Waals surface area contributed by atoms with Gasteiger partial charge in [0.25, 0.3) is 0 Å². The monoisotopic (exact) mass is 1000 g/mol. The van der Waals surface area contributed by atoms with Crippen molar-refractivity contribution < 1.29 is 0 Å². The molecule has 0 atom stereocenters. The number of fused-ring (bicyclic) bond motifs is 12. The van der Waals surface area contributed by atoms with Gasteiger partial charge in [-0.1, -0.05) is 243 Å². The lowest BCUT2D eigenvalue weighted by atomic mass is 9.87. The highest BCUT2D eigenvalue weighted by atomic mass is 14.9. The third-order valence-corrected chi connectivity index (χ3v) is 16.3. The van der Waals surface area contributed by atoms with Gasteiger partial charge >= 0.3 is 0 Å². The smallest absolute Gasteiger partial charge is 0.160 e. The summed E-state index contributed by atoms with van der Waals surface area (Å²) in [4.78, 5) is 11.7. The third-order valence-electron chi connectivity index (χ3n) is 16.3. The summed E-state index contributed by atoms with van der Waals surface area (Å²) in [6.45, 7) is 7.11. The minimum absolute atomic E-state index is 0.588. The maximum Gasteiger partial charge on any atom is 0.160 e. The fourth-order valence-corrected chi connectivity index (χ4v) is 12.8. The van der Waals surface area contributed by atoms with E-state index >= 15 is 0 Å². The average Bonchev–Trinajstić information content (AvgIpc) is 3.56. The Kier molecular flexibility index (Phi) is 10.9. The lowest BCUT2D eigenvalue weighted by Crippen LogP contribution is -2.07. The third kappa shape index (κ3) is 7.64. The average molecular weight is 1000 g/mol. The Morgan fingerprint density at radius 3 is 0.937 bits per heavy atom. The molecular weight excluding hydrogens is 953 g/mol. The molecule has 2 heteroatoms. The van der Waals surface area contributed by atoms with Crippen LogP contribution in [0.2, 0.25) is 0 Å². The van der Waals surface area contributed by atoms with Crippen LogP contribution in [0.25, 0.3) is 136 Å². The van der Waals surface area contributed by atoms with E-state index in [0.29, 0.717) is 11.5 Å². The predicted molar refractivity (Wildman–Crippen MR) is 341 cm³/mol. The molecule has 0 bridgehead atoms. The fourth-order valence-electron chi connectivity index (χ4n) is 12.8. The molecule has 0 heterocycles. The number of rotatable bonds is 7. The van der Waals surface area contributed by atoms with E-state index in [9.17, 15) is 0 Å². The Morgan fingerprint density at radius 1 is 0.253 bits per heavy atom. The minimum Gasteiger partial charge on any atom is -0.233 e. The van der Waals surface area contributed by atoms with Crippen LogP contribution in [0, 0.1) is 0 Å². The van der Waals surface area contributed by atoms with Gasteiger partial charge in [-0.2, -0.15) is 0 Å². The van der Waals surface area contributed by atoms with Gasteiger partial charge in [0.1, 0.15) is 0 Å². The van der Waals surface area contributed by atoms with Gasteiger partial charge in [0.05, 0.1) is 5.70 Å². The summed E-state index contributed by atoms with van der Waals surface area (Å²) in [5, 5.41) is 21.0. The Bertz CT molecular complexity index is 5070. The van der Waals surface area contributed by atoms with Crippen LogP contribution in [0.3, 0.4) is 0 Å². The van der Waals surface area contributed by atoms with Crippen molar-refractivity contribution in [3.63, 3.8) is 0 Å². The second-order valence-corrected chi connectivity index (χ2v) is 20.8. The molecule has 0 unspecified atom stereocenters. The molecule has 15 rings (SSSR count). The zero-order valence-electron chi connectivity index (χ0n) is 43.6. The molecule has 0 aliphatic carbocycles. The summed E-state index contributed by atoms with van der Waals surface area (Å²) < 4.78 is 0. The topological polar surface area (TPSA) is 24.7 Å². The molecule has 0 radical (unpaired) electrons. The van der Waals surface area contributed by atoms with Crippen LogP contribution in [0.4, 0.5) is 0 Å². The molecule has 368 valence electrons. The molecular formula is C77H50N2. The van der Waals surface area contributed by atoms with Crippen molar-refractivity contribution in [3.8, 4) is 33.4 Å². The van der Waals surface area contributed by atoms with E-state index in [1.165, 1.54) is 81.5 Å². The summed E-state index contributed by atoms with van der Waals surface area (Å²) in [5.41, 5.74) is 11.5. The normalized spacial score (nSPS) is 12.3. The van der Waals surface area contributed by atoms with Crippen molar-refractivity contribution in [1.82, 2.24) is 0 Å². The number of hydrogen-bond acceptors (Lipinski definition) is 1. The first-order valence-corrected chi connectivity index (χ1v) is 27.2. The molecule has 15 aromatic rings. The van der Waals surface area contributed by atoms with Gasteiger partial charge in [-0.15, -0.1) is 0 Å². The van der Waals surface area contributed by atoms with Gasteiger partial charge < -0.3 is 0 Å². The van der Waals surface area contributed by atoms with Crippen molar-refractivity contribution >= 4 is 114 Å². The van der Waals surface area contributed by atoms with E-state index in [1.54, 1.807) is 0 Å². The zero-order valence-corrected chi connectivity index (χ0v) is 43.6. The first-order chi connectivity index (χ1) is 39.0. The lowest BCUT2D eigenvalue weighted by molar-refractivity contribution is 1.47. The Hall–Kier alpha value is -10.3. The zero-order chi connectivity index (χ0) is 52.6. The summed E-state index contributed by atoms with van der Waals surface area (Å²) in [6, 6.07) is 99.1. The maximum atomic E-state index is 5.88. The second kappa shape index (κ2) is 18.8. The maximum absolute atomic E-state index is 5.88. The summed E-state index contributed by atoms with van der Waals surface area (Å²) >= 11 is 0. The Labute approximate surface area is 458 Å². The highest BCUT2D eigenvalue weighted by Crippen LogP contribution is 2.45. The van der Waals surface area contributed by atoms with E-state index in [2.05, 4.69) is 280 Å². The van der Waals surface area contributed by atoms with Crippen molar-refractivity contribution in [2.24, 2.45) is 9.98 Å². The molecule has 79 heavy (non-hydrogen) atoms. The van der Waals surface area contributed by atoms with Crippen LogP contribution in [0.15, 0.2) is 290 Å². The first-order valence-electron chi connectivity index (χ1n) is 27.2. The molecule has 0 N–H and O–H groups in total. The van der Waals surface area contributed by atoms with Gasteiger partial charge in [-0.25, -0.2) is 9.98 Å². The fraction of sp³-hybridized carbons (Fsp3) is 0.0130. The molecule has 0 aromatic heterocycles. The molecule has 0 spiro atoms. The minimum atomic E-state index is 0.588. The van der Waals surface area contributed by atoms with Crippen LogP contribution < -0.4 is 0 Å². The highest BCUT2D eigenvalue weighted by Gasteiger charge is 2.22. The molecule has 0 fully saturated rings. The first kappa shape index (κ1) is 46.1. The summed E-state index contributed by atoms with van der Waals surface area (Å²) in [7, 11) is 0. The summed E-state index contributed by atoms with van der Waals surface area (Å²) in [6.07, 6.45) is 0. The summed E-state index contributed by atoms with van der Waals surface area (Å²) in [5.74, 6) is 0.588. The molecule has 0 saturated carbocycles. The number of nitrogens with zero attached hydrogens (tertiary/aromatic N) is 2. The number of aliphatic imine (C=N–C) groups is 2. The molecule has 15 aromatic carbocycles. The molecule has 0 saturated heterocycles. The number of amidine groups is 1. The highest BCUT2D eigenvalue weighted by molar-refractivity contribution is 6.30. The van der Waals surface area contributed by atoms with E-state index in [-0.39, 0.29) is 0 Å². The van der Waals surface area contributed by atoms with Crippen molar-refractivity contribution in [3.05, 3.63) is 296 Å². The van der Waals surface area contributed by atoms with Crippen LogP contribution in [-0.4, -0.2) is 11.5 Å². The van der Waals surface area contributed by atoms with E-state index in [1.807, 2.05) is 0 Å².